The molecule has 1 aliphatic heterocycles. The maximum atomic E-state index is 13.2. The van der Waals surface area contributed by atoms with Crippen molar-refractivity contribution in [1.82, 2.24) is 10.2 Å². The first-order chi connectivity index (χ1) is 13.5. The molecule has 2 atom stereocenters. The summed E-state index contributed by atoms with van der Waals surface area (Å²) < 4.78 is 0. The van der Waals surface area contributed by atoms with Gasteiger partial charge in [0.25, 0.3) is 11.8 Å². The molecule has 1 aliphatic carbocycles. The van der Waals surface area contributed by atoms with Gasteiger partial charge in [-0.25, -0.2) is 0 Å². The van der Waals surface area contributed by atoms with Gasteiger partial charge in [-0.3, -0.25) is 19.3 Å². The first-order valence-corrected chi connectivity index (χ1v) is 9.82. The van der Waals surface area contributed by atoms with E-state index in [4.69, 9.17) is 0 Å². The maximum absolute atomic E-state index is 13.2. The summed E-state index contributed by atoms with van der Waals surface area (Å²) in [4.78, 5) is 40.2. The Hall–Kier alpha value is -2.95. The number of nitrogens with zero attached hydrogens (tertiary/aromatic N) is 1. The molecule has 0 aromatic heterocycles. The van der Waals surface area contributed by atoms with E-state index >= 15 is 0 Å². The van der Waals surface area contributed by atoms with Crippen molar-refractivity contribution in [2.45, 2.75) is 45.2 Å². The molecule has 0 fully saturated rings. The summed E-state index contributed by atoms with van der Waals surface area (Å²) in [5.74, 6) is -0.859. The Balaban J connectivity index is 1.60. The van der Waals surface area contributed by atoms with Crippen molar-refractivity contribution in [3.8, 4) is 0 Å². The molecule has 4 rings (SSSR count). The highest BCUT2D eigenvalue weighted by atomic mass is 16.2. The number of amides is 3. The van der Waals surface area contributed by atoms with Crippen LogP contribution in [0.3, 0.4) is 0 Å². The number of hydrogen-bond acceptors (Lipinski definition) is 3. The molecular formula is C23H24N2O3. The van der Waals surface area contributed by atoms with Crippen molar-refractivity contribution in [2.24, 2.45) is 5.92 Å². The SMILES string of the molecule is CC(C)C[C@@H](C(=O)N[C@H]1CCc2ccccc21)N1C(=O)c2ccccc2C1=O. The third-order valence-corrected chi connectivity index (χ3v) is 5.58. The molecule has 0 unspecified atom stereocenters. The van der Waals surface area contributed by atoms with Crippen molar-refractivity contribution < 1.29 is 14.4 Å². The highest BCUT2D eigenvalue weighted by Crippen LogP contribution is 2.32. The van der Waals surface area contributed by atoms with Gasteiger partial charge >= 0.3 is 0 Å². The van der Waals surface area contributed by atoms with E-state index in [0.29, 0.717) is 17.5 Å². The minimum absolute atomic E-state index is 0.0754. The summed E-state index contributed by atoms with van der Waals surface area (Å²) >= 11 is 0. The lowest BCUT2D eigenvalue weighted by Crippen LogP contribution is -2.50. The van der Waals surface area contributed by atoms with Gasteiger partial charge in [0, 0.05) is 0 Å². The lowest BCUT2D eigenvalue weighted by molar-refractivity contribution is -0.126. The van der Waals surface area contributed by atoms with Crippen LogP contribution < -0.4 is 5.32 Å². The molecule has 1 heterocycles. The molecule has 3 amide bonds. The highest BCUT2D eigenvalue weighted by Gasteiger charge is 2.43. The quantitative estimate of drug-likeness (QED) is 0.812. The first kappa shape index (κ1) is 18.4. The van der Waals surface area contributed by atoms with E-state index < -0.39 is 6.04 Å². The van der Waals surface area contributed by atoms with Gasteiger partial charge in [-0.05, 0) is 48.4 Å². The fourth-order valence-electron chi connectivity index (χ4n) is 4.24. The van der Waals surface area contributed by atoms with Gasteiger partial charge in [0.05, 0.1) is 17.2 Å². The second-order valence-corrected chi connectivity index (χ2v) is 7.97. The summed E-state index contributed by atoms with van der Waals surface area (Å²) in [6.07, 6.45) is 2.19. The number of benzene rings is 2. The van der Waals surface area contributed by atoms with Crippen molar-refractivity contribution in [2.75, 3.05) is 0 Å². The zero-order chi connectivity index (χ0) is 19.8. The van der Waals surface area contributed by atoms with Gasteiger partial charge < -0.3 is 5.32 Å². The van der Waals surface area contributed by atoms with Crippen LogP contribution in [0.15, 0.2) is 48.5 Å². The van der Waals surface area contributed by atoms with Gasteiger partial charge in [-0.1, -0.05) is 50.2 Å². The fourth-order valence-corrected chi connectivity index (χ4v) is 4.24. The van der Waals surface area contributed by atoms with Crippen LogP contribution in [0.1, 0.15) is 64.6 Å². The predicted octanol–water partition coefficient (Wildman–Crippen LogP) is 3.50. The summed E-state index contributed by atoms with van der Waals surface area (Å²) in [5.41, 5.74) is 3.12. The van der Waals surface area contributed by atoms with Crippen LogP contribution in [0.4, 0.5) is 0 Å². The normalized spacial score (nSPS) is 19.0. The zero-order valence-corrected chi connectivity index (χ0v) is 16.1. The topological polar surface area (TPSA) is 66.5 Å². The largest absolute Gasteiger partial charge is 0.347 e. The fraction of sp³-hybridized carbons (Fsp3) is 0.348. The van der Waals surface area contributed by atoms with Crippen LogP contribution in [0.25, 0.3) is 0 Å². The van der Waals surface area contributed by atoms with E-state index in [1.165, 1.54) is 5.56 Å². The summed E-state index contributed by atoms with van der Waals surface area (Å²) in [5, 5.41) is 3.10. The third kappa shape index (κ3) is 3.11. The molecule has 2 aromatic rings. The zero-order valence-electron chi connectivity index (χ0n) is 16.1. The molecular weight excluding hydrogens is 352 g/mol. The van der Waals surface area contributed by atoms with Crippen LogP contribution in [-0.2, 0) is 11.2 Å². The molecule has 5 nitrogen and oxygen atoms in total. The number of imide groups is 1. The van der Waals surface area contributed by atoms with Crippen molar-refractivity contribution in [3.05, 3.63) is 70.8 Å². The monoisotopic (exact) mass is 376 g/mol. The van der Waals surface area contributed by atoms with Crippen molar-refractivity contribution >= 4 is 17.7 Å². The van der Waals surface area contributed by atoms with Gasteiger partial charge in [0.2, 0.25) is 5.91 Å². The number of rotatable bonds is 5. The molecule has 0 saturated carbocycles. The Kier molecular flexibility index (Phi) is 4.75. The van der Waals surface area contributed by atoms with E-state index in [0.717, 1.165) is 23.3 Å². The standard InChI is InChI=1S/C23H24N2O3/c1-14(2)13-20(25-22(27)17-9-5-6-10-18(17)23(25)28)21(26)24-19-12-11-15-7-3-4-8-16(15)19/h3-10,14,19-20H,11-13H2,1-2H3,(H,24,26)/t19-,20-/m0/s1. The predicted molar refractivity (Wildman–Crippen MR) is 106 cm³/mol. The third-order valence-electron chi connectivity index (χ3n) is 5.58. The molecule has 0 bridgehead atoms. The van der Waals surface area contributed by atoms with E-state index in [2.05, 4.69) is 11.4 Å². The Labute approximate surface area is 164 Å². The van der Waals surface area contributed by atoms with Gasteiger partial charge in [0.1, 0.15) is 6.04 Å². The van der Waals surface area contributed by atoms with E-state index in [1.54, 1.807) is 24.3 Å². The van der Waals surface area contributed by atoms with E-state index in [-0.39, 0.29) is 29.7 Å². The molecule has 2 aliphatic rings. The van der Waals surface area contributed by atoms with Crippen LogP contribution >= 0.6 is 0 Å². The Morgan fingerprint density at radius 1 is 1.04 bits per heavy atom. The second kappa shape index (κ2) is 7.23. The molecule has 28 heavy (non-hydrogen) atoms. The van der Waals surface area contributed by atoms with Crippen molar-refractivity contribution in [1.29, 1.82) is 0 Å². The Morgan fingerprint density at radius 3 is 2.29 bits per heavy atom. The molecule has 5 heteroatoms. The smallest absolute Gasteiger partial charge is 0.262 e. The minimum Gasteiger partial charge on any atom is -0.347 e. The van der Waals surface area contributed by atoms with Gasteiger partial charge in [0.15, 0.2) is 0 Å². The van der Waals surface area contributed by atoms with Gasteiger partial charge in [-0.15, -0.1) is 0 Å². The highest BCUT2D eigenvalue weighted by molar-refractivity contribution is 6.22. The maximum Gasteiger partial charge on any atom is 0.262 e. The Bertz CT molecular complexity index is 915. The average Bonchev–Trinajstić information content (AvgIpc) is 3.20. The van der Waals surface area contributed by atoms with E-state index in [1.807, 2.05) is 32.0 Å². The summed E-state index contributed by atoms with van der Waals surface area (Å²) in [6.45, 7) is 3.98. The Morgan fingerprint density at radius 2 is 1.64 bits per heavy atom. The lowest BCUT2D eigenvalue weighted by Gasteiger charge is -2.28. The summed E-state index contributed by atoms with van der Waals surface area (Å²) in [7, 11) is 0. The number of carbonyl (C=O) groups excluding carboxylic acids is 3. The number of carbonyl (C=O) groups is 3. The number of aryl methyl sites for hydroxylation is 1. The van der Waals surface area contributed by atoms with Crippen LogP contribution in [-0.4, -0.2) is 28.7 Å². The molecule has 1 N–H and O–H groups in total. The molecule has 0 radical (unpaired) electrons. The lowest BCUT2D eigenvalue weighted by atomic mass is 10.0. The first-order valence-electron chi connectivity index (χ1n) is 9.82. The van der Waals surface area contributed by atoms with Crippen LogP contribution in [0.5, 0.6) is 0 Å². The minimum atomic E-state index is -0.805. The molecule has 2 aromatic carbocycles. The number of fused-ring (bicyclic) bond motifs is 2. The number of hydrogen-bond donors (Lipinski definition) is 1. The van der Waals surface area contributed by atoms with Crippen LogP contribution in [0, 0.1) is 5.92 Å². The van der Waals surface area contributed by atoms with Crippen LogP contribution in [0.2, 0.25) is 0 Å². The molecule has 144 valence electrons. The molecule has 0 spiro atoms. The van der Waals surface area contributed by atoms with Gasteiger partial charge in [-0.2, -0.15) is 0 Å². The van der Waals surface area contributed by atoms with E-state index in [9.17, 15) is 14.4 Å². The summed E-state index contributed by atoms with van der Waals surface area (Å²) in [6, 6.07) is 14.0. The second-order valence-electron chi connectivity index (χ2n) is 7.97. The average molecular weight is 376 g/mol. The van der Waals surface area contributed by atoms with Crippen molar-refractivity contribution in [3.63, 3.8) is 0 Å². The molecule has 0 saturated heterocycles. The number of nitrogens with one attached hydrogen (secondary N) is 1.